The average Bonchev–Trinajstić information content (AvgIpc) is 2.37. The predicted molar refractivity (Wildman–Crippen MR) is 75.3 cm³/mol. The monoisotopic (exact) mass is 277 g/mol. The van der Waals surface area contributed by atoms with Crippen LogP contribution in [0.2, 0.25) is 0 Å². The van der Waals surface area contributed by atoms with Crippen LogP contribution < -0.4 is 0 Å². The van der Waals surface area contributed by atoms with Gasteiger partial charge in [-0.15, -0.1) is 0 Å². The van der Waals surface area contributed by atoms with Crippen LogP contribution in [0, 0.1) is 0 Å². The smallest absolute Gasteiger partial charge is 0.317 e. The van der Waals surface area contributed by atoms with Gasteiger partial charge in [-0.05, 0) is 25.5 Å². The predicted octanol–water partition coefficient (Wildman–Crippen LogP) is 2.55. The van der Waals surface area contributed by atoms with Crippen molar-refractivity contribution in [2.24, 2.45) is 0 Å². The van der Waals surface area contributed by atoms with Gasteiger partial charge in [-0.1, -0.05) is 36.0 Å². The summed E-state index contributed by atoms with van der Waals surface area (Å²) in [4.78, 5) is 15.6. The molecule has 1 aromatic carbocycles. The second kappa shape index (κ2) is 6.04. The lowest BCUT2D eigenvalue weighted by Gasteiger charge is -2.13. The van der Waals surface area contributed by atoms with Gasteiger partial charge in [0.25, 0.3) is 0 Å². The molecule has 0 radical (unpaired) electrons. The molecule has 0 fully saturated rings. The molecule has 2 atom stereocenters. The van der Waals surface area contributed by atoms with Crippen molar-refractivity contribution in [3.63, 3.8) is 0 Å². The maximum absolute atomic E-state index is 11.1. The van der Waals surface area contributed by atoms with Crippen LogP contribution in [0.15, 0.2) is 41.4 Å². The highest BCUT2D eigenvalue weighted by atomic mass is 32.2. The molecule has 1 heterocycles. The van der Waals surface area contributed by atoms with Gasteiger partial charge in [-0.2, -0.15) is 0 Å². The van der Waals surface area contributed by atoms with Crippen LogP contribution in [0.3, 0.4) is 0 Å². The van der Waals surface area contributed by atoms with Crippen molar-refractivity contribution in [2.45, 2.75) is 29.7 Å². The van der Waals surface area contributed by atoms with E-state index in [1.807, 2.05) is 36.4 Å². The van der Waals surface area contributed by atoms with Gasteiger partial charge >= 0.3 is 5.97 Å². The topological polar surface area (TPSA) is 70.4 Å². The number of pyridine rings is 1. The Balaban J connectivity index is 2.21. The third-order valence-electron chi connectivity index (χ3n) is 2.67. The molecule has 19 heavy (non-hydrogen) atoms. The van der Waals surface area contributed by atoms with Crippen molar-refractivity contribution in [3.05, 3.63) is 36.4 Å². The Hall–Kier alpha value is -1.59. The third-order valence-corrected chi connectivity index (χ3v) is 3.81. The molecular weight excluding hydrogens is 262 g/mol. The van der Waals surface area contributed by atoms with Gasteiger partial charge in [-0.25, -0.2) is 4.98 Å². The molecule has 1 aromatic heterocycles. The number of thioether (sulfide) groups is 1. The van der Waals surface area contributed by atoms with E-state index in [0.717, 1.165) is 10.9 Å². The van der Waals surface area contributed by atoms with E-state index >= 15 is 0 Å². The van der Waals surface area contributed by atoms with Crippen LogP contribution in [0.1, 0.15) is 13.3 Å². The number of carbonyl (C=O) groups is 1. The molecule has 0 bridgehead atoms. The number of aliphatic hydroxyl groups excluding tert-OH is 1. The summed E-state index contributed by atoms with van der Waals surface area (Å²) in [5, 5.41) is 19.5. The molecule has 2 rings (SSSR count). The normalized spacial score (nSPS) is 14.2. The van der Waals surface area contributed by atoms with E-state index in [1.54, 1.807) is 6.92 Å². The van der Waals surface area contributed by atoms with Crippen molar-refractivity contribution in [2.75, 3.05) is 0 Å². The minimum absolute atomic E-state index is 0.203. The molecular formula is C14H15NO3S. The number of nitrogens with zero attached hydrogens (tertiary/aromatic N) is 1. The van der Waals surface area contributed by atoms with Crippen molar-refractivity contribution >= 4 is 28.6 Å². The van der Waals surface area contributed by atoms with Gasteiger partial charge in [0.05, 0.1) is 16.6 Å². The van der Waals surface area contributed by atoms with Crippen LogP contribution in [0.4, 0.5) is 0 Å². The van der Waals surface area contributed by atoms with E-state index < -0.39 is 17.3 Å². The molecule has 0 aliphatic heterocycles. The number of hydrogen-bond acceptors (Lipinski definition) is 4. The number of rotatable bonds is 5. The highest BCUT2D eigenvalue weighted by Crippen LogP contribution is 2.26. The number of carboxylic acid groups (broad SMARTS) is 1. The lowest BCUT2D eigenvalue weighted by molar-refractivity contribution is -0.136. The SMILES string of the molecule is C[C@@H](O)C[C@@H](Sc1ccc2ccccc2n1)C(=O)O. The summed E-state index contributed by atoms with van der Waals surface area (Å²) in [5.41, 5.74) is 0.841. The van der Waals surface area contributed by atoms with E-state index in [1.165, 1.54) is 11.8 Å². The molecule has 0 saturated heterocycles. The second-order valence-corrected chi connectivity index (χ2v) is 5.59. The molecule has 0 unspecified atom stereocenters. The summed E-state index contributed by atoms with van der Waals surface area (Å²) in [7, 11) is 0. The zero-order valence-electron chi connectivity index (χ0n) is 10.5. The first-order valence-electron chi connectivity index (χ1n) is 5.99. The van der Waals surface area contributed by atoms with E-state index in [2.05, 4.69) is 4.98 Å². The van der Waals surface area contributed by atoms with Crippen molar-refractivity contribution in [1.82, 2.24) is 4.98 Å². The van der Waals surface area contributed by atoms with E-state index in [-0.39, 0.29) is 6.42 Å². The van der Waals surface area contributed by atoms with Crippen LogP contribution in [0.5, 0.6) is 0 Å². The lowest BCUT2D eigenvalue weighted by atomic mass is 10.2. The highest BCUT2D eigenvalue weighted by Gasteiger charge is 2.21. The van der Waals surface area contributed by atoms with Crippen molar-refractivity contribution in [3.8, 4) is 0 Å². The second-order valence-electron chi connectivity index (χ2n) is 4.37. The number of aromatic nitrogens is 1. The van der Waals surface area contributed by atoms with Crippen LogP contribution >= 0.6 is 11.8 Å². The third kappa shape index (κ3) is 3.68. The maximum atomic E-state index is 11.1. The summed E-state index contributed by atoms with van der Waals surface area (Å²) in [5.74, 6) is -0.930. The quantitative estimate of drug-likeness (QED) is 0.822. The summed E-state index contributed by atoms with van der Waals surface area (Å²) < 4.78 is 0. The average molecular weight is 277 g/mol. The number of carboxylic acids is 1. The minimum Gasteiger partial charge on any atom is -0.480 e. The molecule has 2 N–H and O–H groups in total. The van der Waals surface area contributed by atoms with Gasteiger partial charge < -0.3 is 10.2 Å². The fourth-order valence-corrected chi connectivity index (χ4v) is 2.83. The van der Waals surface area contributed by atoms with Gasteiger partial charge in [-0.3, -0.25) is 4.79 Å². The fraction of sp³-hybridized carbons (Fsp3) is 0.286. The first-order valence-corrected chi connectivity index (χ1v) is 6.87. The molecule has 0 aliphatic carbocycles. The van der Waals surface area contributed by atoms with Gasteiger partial charge in [0.2, 0.25) is 0 Å². The first kappa shape index (κ1) is 13.8. The zero-order chi connectivity index (χ0) is 13.8. The minimum atomic E-state index is -0.930. The van der Waals surface area contributed by atoms with Gasteiger partial charge in [0.1, 0.15) is 5.25 Å². The van der Waals surface area contributed by atoms with E-state index in [4.69, 9.17) is 5.11 Å². The molecule has 0 saturated carbocycles. The standard InChI is InChI=1S/C14H15NO3S/c1-9(16)8-12(14(17)18)19-13-7-6-10-4-2-3-5-11(10)15-13/h2-7,9,12,16H,8H2,1H3,(H,17,18)/t9-,12-/m1/s1. The van der Waals surface area contributed by atoms with E-state index in [0.29, 0.717) is 5.03 Å². The Morgan fingerprint density at radius 1 is 1.32 bits per heavy atom. The number of aliphatic carboxylic acids is 1. The molecule has 2 aromatic rings. The lowest BCUT2D eigenvalue weighted by Crippen LogP contribution is -2.21. The molecule has 0 amide bonds. The summed E-state index contributed by atoms with van der Waals surface area (Å²) in [6, 6.07) is 11.4. The van der Waals surface area contributed by atoms with Crippen LogP contribution in [-0.2, 0) is 4.79 Å². The molecule has 0 spiro atoms. The summed E-state index contributed by atoms with van der Waals surface area (Å²) >= 11 is 1.17. The molecule has 100 valence electrons. The number of hydrogen-bond donors (Lipinski definition) is 2. The Morgan fingerprint density at radius 3 is 2.74 bits per heavy atom. The van der Waals surface area contributed by atoms with Crippen molar-refractivity contribution in [1.29, 1.82) is 0 Å². The highest BCUT2D eigenvalue weighted by molar-refractivity contribution is 8.00. The Morgan fingerprint density at radius 2 is 2.05 bits per heavy atom. The maximum Gasteiger partial charge on any atom is 0.317 e. The number of para-hydroxylation sites is 1. The Kier molecular flexibility index (Phi) is 4.39. The van der Waals surface area contributed by atoms with Crippen molar-refractivity contribution < 1.29 is 15.0 Å². The Labute approximate surface area is 115 Å². The van der Waals surface area contributed by atoms with E-state index in [9.17, 15) is 9.90 Å². The molecule has 4 nitrogen and oxygen atoms in total. The Bertz CT molecular complexity index is 586. The number of aliphatic hydroxyl groups is 1. The summed E-state index contributed by atoms with van der Waals surface area (Å²) in [6.45, 7) is 1.59. The van der Waals surface area contributed by atoms with Gasteiger partial charge in [0, 0.05) is 5.39 Å². The zero-order valence-corrected chi connectivity index (χ0v) is 11.3. The molecule has 5 heteroatoms. The summed E-state index contributed by atoms with van der Waals surface area (Å²) in [6.07, 6.45) is -0.442. The number of fused-ring (bicyclic) bond motifs is 1. The first-order chi connectivity index (χ1) is 9.06. The largest absolute Gasteiger partial charge is 0.480 e. The van der Waals surface area contributed by atoms with Crippen LogP contribution in [-0.4, -0.2) is 32.5 Å². The molecule has 0 aliphatic rings. The van der Waals surface area contributed by atoms with Crippen LogP contribution in [0.25, 0.3) is 10.9 Å². The fourth-order valence-electron chi connectivity index (χ4n) is 1.77. The number of benzene rings is 1. The van der Waals surface area contributed by atoms with Gasteiger partial charge in [0.15, 0.2) is 0 Å².